The van der Waals surface area contributed by atoms with Gasteiger partial charge >= 0.3 is 39.5 Å². The molecule has 0 rings (SSSR count). The summed E-state index contributed by atoms with van der Waals surface area (Å²) >= 11 is 0. The number of carbonyl (C=O) groups excluding carboxylic acids is 4. The molecule has 0 aliphatic carbocycles. The summed E-state index contributed by atoms with van der Waals surface area (Å²) in [7, 11) is -9.92. The average molecular weight is 1450 g/mol. The Labute approximate surface area is 607 Å². The lowest BCUT2D eigenvalue weighted by Crippen LogP contribution is -2.30. The van der Waals surface area contributed by atoms with Crippen molar-refractivity contribution in [3.05, 3.63) is 0 Å². The number of hydrogen-bond acceptors (Lipinski definition) is 15. The molecule has 4 unspecified atom stereocenters. The summed E-state index contributed by atoms with van der Waals surface area (Å²) in [5, 5.41) is 10.6. The lowest BCUT2D eigenvalue weighted by atomic mass is 9.99. The first-order valence-corrected chi connectivity index (χ1v) is 44.2. The van der Waals surface area contributed by atoms with E-state index in [4.69, 9.17) is 37.0 Å². The molecule has 0 aromatic heterocycles. The first-order valence-electron chi connectivity index (χ1n) is 41.2. The average Bonchev–Trinajstić information content (AvgIpc) is 1.01. The fourth-order valence-corrected chi connectivity index (χ4v) is 13.8. The van der Waals surface area contributed by atoms with Gasteiger partial charge < -0.3 is 33.8 Å². The lowest BCUT2D eigenvalue weighted by molar-refractivity contribution is -0.161. The highest BCUT2D eigenvalue weighted by atomic mass is 31.2. The Kier molecular flexibility index (Phi) is 67.8. The summed E-state index contributed by atoms with van der Waals surface area (Å²) in [6.07, 6.45) is 55.7. The minimum Gasteiger partial charge on any atom is -0.462 e. The molecule has 3 N–H and O–H groups in total. The van der Waals surface area contributed by atoms with Crippen molar-refractivity contribution in [2.45, 2.75) is 427 Å². The Bertz CT molecular complexity index is 1940. The van der Waals surface area contributed by atoms with Crippen molar-refractivity contribution in [2.24, 2.45) is 23.7 Å². The van der Waals surface area contributed by atoms with Crippen molar-refractivity contribution in [3.8, 4) is 0 Å². The van der Waals surface area contributed by atoms with Crippen LogP contribution in [0.25, 0.3) is 0 Å². The smallest absolute Gasteiger partial charge is 0.462 e. The van der Waals surface area contributed by atoms with Gasteiger partial charge in [-0.15, -0.1) is 0 Å². The predicted molar refractivity (Wildman–Crippen MR) is 404 cm³/mol. The zero-order valence-corrected chi connectivity index (χ0v) is 66.9. The standard InChI is InChI=1S/C80H156O17P2/c1-9-73(8)59-51-43-35-25-21-16-14-12-10-11-13-15-17-22-26-36-44-52-60-77(82)90-66-75(96-79(84)62-54-46-38-27-23-19-18-20-24-32-40-48-56-70(2)3)68-94-98(86,87)92-64-74(81)65-93-99(88,89)95-69-76(97-80(85)63-55-47-39-31-29-34-42-50-58-72(6)7)67-91-78(83)61-53-45-37-30-28-33-41-49-57-71(4)5/h70-76,81H,9-69H2,1-8H3,(H,86,87)(H,88,89)/t73?,74?,75-,76-/m1/s1. The normalized spacial score (nSPS) is 14.3. The van der Waals surface area contributed by atoms with Crippen molar-refractivity contribution < 1.29 is 80.2 Å². The summed E-state index contributed by atoms with van der Waals surface area (Å²) < 4.78 is 68.6. The van der Waals surface area contributed by atoms with Crippen LogP contribution < -0.4 is 0 Å². The van der Waals surface area contributed by atoms with E-state index in [1.54, 1.807) is 0 Å². The molecule has 6 atom stereocenters. The minimum absolute atomic E-state index is 0.104. The van der Waals surface area contributed by atoms with Gasteiger partial charge in [-0.1, -0.05) is 357 Å². The van der Waals surface area contributed by atoms with E-state index in [2.05, 4.69) is 55.4 Å². The molecule has 19 heteroatoms. The van der Waals surface area contributed by atoms with Crippen LogP contribution in [0.2, 0.25) is 0 Å². The van der Waals surface area contributed by atoms with E-state index in [0.717, 1.165) is 114 Å². The summed E-state index contributed by atoms with van der Waals surface area (Å²) in [6, 6.07) is 0. The van der Waals surface area contributed by atoms with Gasteiger partial charge in [-0.25, -0.2) is 9.13 Å². The maximum Gasteiger partial charge on any atom is 0.472 e. The Balaban J connectivity index is 5.19. The van der Waals surface area contributed by atoms with Gasteiger partial charge in [0.25, 0.3) is 0 Å². The number of esters is 4. The van der Waals surface area contributed by atoms with E-state index in [-0.39, 0.29) is 25.7 Å². The zero-order valence-electron chi connectivity index (χ0n) is 65.1. The van der Waals surface area contributed by atoms with Crippen LogP contribution in [0.3, 0.4) is 0 Å². The van der Waals surface area contributed by atoms with Crippen LogP contribution in [0.15, 0.2) is 0 Å². The van der Waals surface area contributed by atoms with E-state index < -0.39 is 97.5 Å². The van der Waals surface area contributed by atoms with Crippen LogP contribution in [0.4, 0.5) is 0 Å². The molecule has 588 valence electrons. The molecule has 0 spiro atoms. The number of carbonyl (C=O) groups is 4. The molecule has 0 saturated heterocycles. The molecule has 0 saturated carbocycles. The highest BCUT2D eigenvalue weighted by molar-refractivity contribution is 7.47. The SMILES string of the molecule is CCC(C)CCCCCCCCCCCCCCCCCCCCC(=O)OC[C@H](COP(=O)(O)OCC(O)COP(=O)(O)OC[C@@H](COC(=O)CCCCCCCCCCC(C)C)OC(=O)CCCCCCCCCCC(C)C)OC(=O)CCCCCCCCCCCCCCC(C)C. The first kappa shape index (κ1) is 97.1. The maximum atomic E-state index is 13.1. The fourth-order valence-electron chi connectivity index (χ4n) is 12.2. The molecule has 99 heavy (non-hydrogen) atoms. The molecule has 17 nitrogen and oxygen atoms in total. The summed E-state index contributed by atoms with van der Waals surface area (Å²) in [5.74, 6) is 0.976. The minimum atomic E-state index is -4.96. The Hall–Kier alpha value is -1.94. The maximum absolute atomic E-state index is 13.1. The molecular weight excluding hydrogens is 1290 g/mol. The molecule has 0 fully saturated rings. The topological polar surface area (TPSA) is 237 Å². The molecule has 0 aliphatic rings. The second kappa shape index (κ2) is 69.1. The van der Waals surface area contributed by atoms with Gasteiger partial charge in [-0.05, 0) is 49.4 Å². The van der Waals surface area contributed by atoms with Gasteiger partial charge in [0.1, 0.15) is 19.3 Å². The molecule has 0 amide bonds. The van der Waals surface area contributed by atoms with E-state index in [1.807, 2.05) is 0 Å². The van der Waals surface area contributed by atoms with Crippen LogP contribution in [0, 0.1) is 23.7 Å². The highest BCUT2D eigenvalue weighted by Gasteiger charge is 2.30. The number of ether oxygens (including phenoxy) is 4. The summed E-state index contributed by atoms with van der Waals surface area (Å²) in [5.41, 5.74) is 0. The zero-order chi connectivity index (χ0) is 73.1. The van der Waals surface area contributed by atoms with E-state index in [1.165, 1.54) is 212 Å². The molecule has 0 aromatic carbocycles. The summed E-state index contributed by atoms with van der Waals surface area (Å²) in [6.45, 7) is 14.2. The number of unbranched alkanes of at least 4 members (excludes halogenated alkanes) is 42. The predicted octanol–water partition coefficient (Wildman–Crippen LogP) is 23.6. The van der Waals surface area contributed by atoms with Gasteiger partial charge in [0, 0.05) is 25.7 Å². The number of aliphatic hydroxyl groups excluding tert-OH is 1. The molecular formula is C80H156O17P2. The third kappa shape index (κ3) is 72.8. The van der Waals surface area contributed by atoms with Crippen LogP contribution in [-0.2, 0) is 65.4 Å². The highest BCUT2D eigenvalue weighted by Crippen LogP contribution is 2.45. The monoisotopic (exact) mass is 1450 g/mol. The second-order valence-electron chi connectivity index (χ2n) is 30.5. The fraction of sp³-hybridized carbons (Fsp3) is 0.950. The van der Waals surface area contributed by atoms with Gasteiger partial charge in [0.05, 0.1) is 26.4 Å². The molecule has 0 aromatic rings. The molecule has 0 bridgehead atoms. The van der Waals surface area contributed by atoms with Crippen molar-refractivity contribution in [3.63, 3.8) is 0 Å². The van der Waals surface area contributed by atoms with E-state index in [0.29, 0.717) is 25.7 Å². The van der Waals surface area contributed by atoms with Crippen molar-refractivity contribution in [1.82, 2.24) is 0 Å². The second-order valence-corrected chi connectivity index (χ2v) is 33.4. The van der Waals surface area contributed by atoms with Gasteiger partial charge in [-0.2, -0.15) is 0 Å². The Morgan fingerprint density at radius 1 is 0.283 bits per heavy atom. The van der Waals surface area contributed by atoms with E-state index in [9.17, 15) is 43.2 Å². The number of aliphatic hydroxyl groups is 1. The number of phosphoric acid groups is 2. The van der Waals surface area contributed by atoms with Gasteiger partial charge in [0.2, 0.25) is 0 Å². The van der Waals surface area contributed by atoms with Crippen LogP contribution in [0.1, 0.15) is 409 Å². The first-order chi connectivity index (χ1) is 47.6. The van der Waals surface area contributed by atoms with Crippen molar-refractivity contribution in [1.29, 1.82) is 0 Å². The molecule has 0 radical (unpaired) electrons. The van der Waals surface area contributed by atoms with Crippen LogP contribution >= 0.6 is 15.6 Å². The van der Waals surface area contributed by atoms with E-state index >= 15 is 0 Å². The number of rotatable bonds is 77. The number of hydrogen-bond donors (Lipinski definition) is 3. The Morgan fingerprint density at radius 2 is 0.485 bits per heavy atom. The Morgan fingerprint density at radius 3 is 0.717 bits per heavy atom. The molecule has 0 heterocycles. The van der Waals surface area contributed by atoms with Crippen molar-refractivity contribution in [2.75, 3.05) is 39.6 Å². The molecule has 0 aliphatic heterocycles. The van der Waals surface area contributed by atoms with Gasteiger partial charge in [-0.3, -0.25) is 37.3 Å². The number of phosphoric ester groups is 2. The van der Waals surface area contributed by atoms with Crippen molar-refractivity contribution >= 4 is 39.5 Å². The van der Waals surface area contributed by atoms with Crippen LogP contribution in [0.5, 0.6) is 0 Å². The van der Waals surface area contributed by atoms with Crippen LogP contribution in [-0.4, -0.2) is 96.7 Å². The quantitative estimate of drug-likeness (QED) is 0.0222. The third-order valence-electron chi connectivity index (χ3n) is 18.9. The third-order valence-corrected chi connectivity index (χ3v) is 20.8. The van der Waals surface area contributed by atoms with Gasteiger partial charge in [0.15, 0.2) is 12.2 Å². The summed E-state index contributed by atoms with van der Waals surface area (Å²) in [4.78, 5) is 72.9. The lowest BCUT2D eigenvalue weighted by Gasteiger charge is -2.21. The largest absolute Gasteiger partial charge is 0.472 e.